The van der Waals surface area contributed by atoms with Gasteiger partial charge in [0, 0.05) is 25.6 Å². The van der Waals surface area contributed by atoms with Crippen LogP contribution in [-0.2, 0) is 11.8 Å². The molecular weight excluding hydrogens is 284 g/mol. The van der Waals surface area contributed by atoms with Crippen LogP contribution in [0.25, 0.3) is 0 Å². The van der Waals surface area contributed by atoms with Crippen LogP contribution in [0.15, 0.2) is 5.16 Å². The average Bonchev–Trinajstić information content (AvgIpc) is 2.72. The lowest BCUT2D eigenvalue weighted by Gasteiger charge is -2.34. The van der Waals surface area contributed by atoms with E-state index in [2.05, 4.69) is 28.6 Å². The van der Waals surface area contributed by atoms with Gasteiger partial charge in [0.25, 0.3) is 0 Å². The largest absolute Gasteiger partial charge is 0.339 e. The molecule has 0 bridgehead atoms. The van der Waals surface area contributed by atoms with Gasteiger partial charge in [-0.3, -0.25) is 4.79 Å². The van der Waals surface area contributed by atoms with Crippen molar-refractivity contribution in [2.24, 2.45) is 7.05 Å². The molecule has 1 amide bonds. The molecule has 2 aliphatic rings. The van der Waals surface area contributed by atoms with Crippen LogP contribution in [0.3, 0.4) is 0 Å². The minimum Gasteiger partial charge on any atom is -0.339 e. The average molecular weight is 308 g/mol. The van der Waals surface area contributed by atoms with Crippen molar-refractivity contribution >= 4 is 17.7 Å². The number of piperidine rings is 1. The Morgan fingerprint density at radius 1 is 1.19 bits per heavy atom. The van der Waals surface area contributed by atoms with Crippen molar-refractivity contribution in [3.8, 4) is 0 Å². The summed E-state index contributed by atoms with van der Waals surface area (Å²) >= 11 is 1.59. The maximum Gasteiger partial charge on any atom is 0.236 e. The molecule has 1 aromatic heterocycles. The second kappa shape index (κ2) is 5.99. The standard InChI is InChI=1S/C15H24N4OS/c1-10(2)19-9-5-8-12(14(19)20)21-15-17-16-13(18(15)3)11-6-4-7-11/h10-12H,4-9H2,1-3H3. The molecule has 1 unspecified atom stereocenters. The molecule has 1 atom stereocenters. The van der Waals surface area contributed by atoms with Crippen LogP contribution in [-0.4, -0.2) is 43.4 Å². The van der Waals surface area contributed by atoms with Crippen molar-refractivity contribution in [2.75, 3.05) is 6.54 Å². The Balaban J connectivity index is 1.71. The lowest BCUT2D eigenvalue weighted by molar-refractivity contribution is -0.134. The highest BCUT2D eigenvalue weighted by atomic mass is 32.2. The van der Waals surface area contributed by atoms with Gasteiger partial charge >= 0.3 is 0 Å². The van der Waals surface area contributed by atoms with Crippen LogP contribution in [0.5, 0.6) is 0 Å². The minimum atomic E-state index is -0.00158. The van der Waals surface area contributed by atoms with Crippen LogP contribution in [0.4, 0.5) is 0 Å². The van der Waals surface area contributed by atoms with Crippen molar-refractivity contribution in [2.45, 2.75) is 68.3 Å². The van der Waals surface area contributed by atoms with Crippen LogP contribution in [0, 0.1) is 0 Å². The number of hydrogen-bond acceptors (Lipinski definition) is 4. The maximum atomic E-state index is 12.5. The summed E-state index contributed by atoms with van der Waals surface area (Å²) in [6.45, 7) is 5.06. The predicted octanol–water partition coefficient (Wildman–Crippen LogP) is 2.57. The third-order valence-electron chi connectivity index (χ3n) is 4.63. The van der Waals surface area contributed by atoms with E-state index in [4.69, 9.17) is 0 Å². The smallest absolute Gasteiger partial charge is 0.236 e. The number of nitrogens with zero attached hydrogens (tertiary/aromatic N) is 4. The molecule has 6 heteroatoms. The van der Waals surface area contributed by atoms with Gasteiger partial charge in [0.2, 0.25) is 5.91 Å². The SMILES string of the molecule is CC(C)N1CCCC(Sc2nnc(C3CCC3)n2C)C1=O. The Bertz CT molecular complexity index is 524. The second-order valence-corrected chi connectivity index (χ2v) is 7.57. The highest BCUT2D eigenvalue weighted by Gasteiger charge is 2.33. The van der Waals surface area contributed by atoms with Crippen molar-refractivity contribution in [3.63, 3.8) is 0 Å². The van der Waals surface area contributed by atoms with E-state index in [-0.39, 0.29) is 17.2 Å². The molecule has 1 aliphatic carbocycles. The van der Waals surface area contributed by atoms with E-state index in [1.165, 1.54) is 19.3 Å². The summed E-state index contributed by atoms with van der Waals surface area (Å²) in [5, 5.41) is 9.56. The Kier molecular flexibility index (Phi) is 4.24. The first kappa shape index (κ1) is 14.9. The monoisotopic (exact) mass is 308 g/mol. The lowest BCUT2D eigenvalue weighted by Crippen LogP contribution is -2.46. The lowest BCUT2D eigenvalue weighted by atomic mass is 9.85. The van der Waals surface area contributed by atoms with Crippen LogP contribution >= 0.6 is 11.8 Å². The van der Waals surface area contributed by atoms with E-state index < -0.39 is 0 Å². The van der Waals surface area contributed by atoms with Gasteiger partial charge in [-0.15, -0.1) is 10.2 Å². The van der Waals surface area contributed by atoms with Gasteiger partial charge in [0.05, 0.1) is 5.25 Å². The van der Waals surface area contributed by atoms with Gasteiger partial charge in [0.15, 0.2) is 5.16 Å². The topological polar surface area (TPSA) is 51.0 Å². The van der Waals surface area contributed by atoms with Crippen LogP contribution in [0.2, 0.25) is 0 Å². The van der Waals surface area contributed by atoms with Crippen molar-refractivity contribution < 1.29 is 4.79 Å². The van der Waals surface area contributed by atoms with Gasteiger partial charge < -0.3 is 9.47 Å². The Hall–Kier alpha value is -1.04. The van der Waals surface area contributed by atoms with E-state index in [9.17, 15) is 4.79 Å². The summed E-state index contributed by atoms with van der Waals surface area (Å²) in [7, 11) is 2.03. The van der Waals surface area contributed by atoms with Crippen LogP contribution in [0.1, 0.15) is 57.7 Å². The number of carbonyl (C=O) groups is 1. The summed E-state index contributed by atoms with van der Waals surface area (Å²) in [5.41, 5.74) is 0. The molecule has 21 heavy (non-hydrogen) atoms. The highest BCUT2D eigenvalue weighted by molar-refractivity contribution is 8.00. The molecule has 3 rings (SSSR count). The fraction of sp³-hybridized carbons (Fsp3) is 0.800. The summed E-state index contributed by atoms with van der Waals surface area (Å²) < 4.78 is 2.09. The van der Waals surface area contributed by atoms with Gasteiger partial charge in [-0.25, -0.2) is 0 Å². The molecule has 0 spiro atoms. The molecule has 1 aliphatic heterocycles. The molecule has 2 fully saturated rings. The molecule has 0 N–H and O–H groups in total. The third-order valence-corrected chi connectivity index (χ3v) is 5.92. The Morgan fingerprint density at radius 2 is 1.95 bits per heavy atom. The quantitative estimate of drug-likeness (QED) is 0.858. The van der Waals surface area contributed by atoms with Gasteiger partial charge in [-0.2, -0.15) is 0 Å². The normalized spacial score (nSPS) is 23.7. The zero-order valence-electron chi connectivity index (χ0n) is 13.1. The summed E-state index contributed by atoms with van der Waals surface area (Å²) in [6.07, 6.45) is 5.76. The van der Waals surface area contributed by atoms with Gasteiger partial charge in [-0.05, 0) is 39.5 Å². The number of thioether (sulfide) groups is 1. The second-order valence-electron chi connectivity index (χ2n) is 6.40. The molecule has 116 valence electrons. The van der Waals surface area contributed by atoms with Crippen molar-refractivity contribution in [3.05, 3.63) is 5.82 Å². The molecule has 5 nitrogen and oxygen atoms in total. The zero-order chi connectivity index (χ0) is 15.0. The Labute approximate surface area is 130 Å². The highest BCUT2D eigenvalue weighted by Crippen LogP contribution is 2.37. The number of hydrogen-bond donors (Lipinski definition) is 0. The first-order valence-electron chi connectivity index (χ1n) is 7.94. The van der Waals surface area contributed by atoms with Crippen LogP contribution < -0.4 is 0 Å². The molecule has 1 aromatic rings. The van der Waals surface area contributed by atoms with E-state index in [1.807, 2.05) is 11.9 Å². The number of carbonyl (C=O) groups excluding carboxylic acids is 1. The molecule has 1 saturated heterocycles. The fourth-order valence-corrected chi connectivity index (χ4v) is 4.18. The molecule has 1 saturated carbocycles. The van der Waals surface area contributed by atoms with Crippen molar-refractivity contribution in [1.82, 2.24) is 19.7 Å². The summed E-state index contributed by atoms with van der Waals surface area (Å²) in [6, 6.07) is 0.283. The van der Waals surface area contributed by atoms with Gasteiger partial charge in [-0.1, -0.05) is 18.2 Å². The van der Waals surface area contributed by atoms with E-state index >= 15 is 0 Å². The fourth-order valence-electron chi connectivity index (χ4n) is 3.07. The first-order chi connectivity index (χ1) is 10.1. The number of amides is 1. The maximum absolute atomic E-state index is 12.5. The van der Waals surface area contributed by atoms with E-state index in [0.717, 1.165) is 30.4 Å². The zero-order valence-corrected chi connectivity index (χ0v) is 13.9. The minimum absolute atomic E-state index is 0.00158. The Morgan fingerprint density at radius 3 is 2.57 bits per heavy atom. The molecule has 0 radical (unpaired) electrons. The first-order valence-corrected chi connectivity index (χ1v) is 8.82. The molecule has 2 heterocycles. The van der Waals surface area contributed by atoms with Crippen molar-refractivity contribution in [1.29, 1.82) is 0 Å². The number of aromatic nitrogens is 3. The summed E-state index contributed by atoms with van der Waals surface area (Å²) in [5.74, 6) is 1.92. The number of rotatable bonds is 4. The van der Waals surface area contributed by atoms with E-state index in [1.54, 1.807) is 11.8 Å². The summed E-state index contributed by atoms with van der Waals surface area (Å²) in [4.78, 5) is 14.5. The number of likely N-dealkylation sites (tertiary alicyclic amines) is 1. The molecule has 0 aromatic carbocycles. The third kappa shape index (κ3) is 2.82. The molecular formula is C15H24N4OS. The van der Waals surface area contributed by atoms with E-state index in [0.29, 0.717) is 5.92 Å². The van der Waals surface area contributed by atoms with Gasteiger partial charge in [0.1, 0.15) is 5.82 Å². The predicted molar refractivity (Wildman–Crippen MR) is 83.3 cm³/mol.